The predicted octanol–water partition coefficient (Wildman–Crippen LogP) is 2.32. The van der Waals surface area contributed by atoms with Crippen LogP contribution >= 0.6 is 0 Å². The molecule has 0 fully saturated rings. The van der Waals surface area contributed by atoms with E-state index in [-0.39, 0.29) is 18.5 Å². The highest BCUT2D eigenvalue weighted by atomic mass is 19.1. The van der Waals surface area contributed by atoms with Gasteiger partial charge in [-0.25, -0.2) is 4.39 Å². The van der Waals surface area contributed by atoms with Crippen molar-refractivity contribution in [1.29, 1.82) is 0 Å². The first kappa shape index (κ1) is 15.6. The Hall–Kier alpha value is -1.75. The number of hydrogen-bond acceptors (Lipinski definition) is 3. The van der Waals surface area contributed by atoms with Crippen LogP contribution in [0.25, 0.3) is 0 Å². The van der Waals surface area contributed by atoms with E-state index in [1.54, 1.807) is 12.1 Å². The molecule has 0 saturated heterocycles. The molecule has 0 aliphatic rings. The van der Waals surface area contributed by atoms with Gasteiger partial charge in [0.1, 0.15) is 5.82 Å². The number of hydrogen-bond donors (Lipinski definition) is 2. The number of aliphatic hydroxyl groups excluding tert-OH is 1. The molecule has 3 N–H and O–H groups in total. The van der Waals surface area contributed by atoms with Crippen LogP contribution in [0.4, 0.5) is 4.39 Å². The van der Waals surface area contributed by atoms with Gasteiger partial charge in [-0.15, -0.1) is 0 Å². The summed E-state index contributed by atoms with van der Waals surface area (Å²) in [6.07, 6.45) is 0. The molecule has 0 spiro atoms. The van der Waals surface area contributed by atoms with E-state index in [2.05, 4.69) is 4.90 Å². The molecule has 0 saturated carbocycles. The van der Waals surface area contributed by atoms with Crippen LogP contribution in [0.2, 0.25) is 0 Å². The lowest BCUT2D eigenvalue weighted by Crippen LogP contribution is -2.35. The Morgan fingerprint density at radius 3 is 2.29 bits per heavy atom. The van der Waals surface area contributed by atoms with E-state index in [0.717, 1.165) is 11.1 Å². The maximum Gasteiger partial charge on any atom is 0.123 e. The van der Waals surface area contributed by atoms with Crippen molar-refractivity contribution in [2.75, 3.05) is 19.7 Å². The maximum atomic E-state index is 13.1. The minimum absolute atomic E-state index is 0.0436. The van der Waals surface area contributed by atoms with Crippen molar-refractivity contribution in [1.82, 2.24) is 4.90 Å². The van der Waals surface area contributed by atoms with Gasteiger partial charge in [0.15, 0.2) is 0 Å². The molecule has 2 rings (SSSR count). The average Bonchev–Trinajstić information content (AvgIpc) is 2.51. The summed E-state index contributed by atoms with van der Waals surface area (Å²) in [5, 5.41) is 9.31. The van der Waals surface area contributed by atoms with Gasteiger partial charge in [0, 0.05) is 25.7 Å². The molecule has 1 atom stereocenters. The third kappa shape index (κ3) is 4.36. The lowest BCUT2D eigenvalue weighted by atomic mass is 10.0. The molecule has 2 aromatic rings. The van der Waals surface area contributed by atoms with Crippen LogP contribution in [0.1, 0.15) is 17.2 Å². The standard InChI is InChI=1S/C17H21FN2O/c18-16-8-6-15(7-9-16)17(12-19)20(10-11-21)13-14-4-2-1-3-5-14/h1-9,17,21H,10-13,19H2. The third-order valence-electron chi connectivity index (χ3n) is 3.53. The summed E-state index contributed by atoms with van der Waals surface area (Å²) in [6.45, 7) is 1.69. The molecule has 112 valence electrons. The SMILES string of the molecule is NCC(c1ccc(F)cc1)N(CCO)Cc1ccccc1. The Bertz CT molecular complexity index is 530. The van der Waals surface area contributed by atoms with Crippen molar-refractivity contribution < 1.29 is 9.50 Å². The number of benzene rings is 2. The van der Waals surface area contributed by atoms with Gasteiger partial charge >= 0.3 is 0 Å². The summed E-state index contributed by atoms with van der Waals surface area (Å²) in [6, 6.07) is 16.4. The highest BCUT2D eigenvalue weighted by Gasteiger charge is 2.19. The highest BCUT2D eigenvalue weighted by molar-refractivity contribution is 5.21. The number of nitrogens with two attached hydrogens (primary N) is 1. The number of rotatable bonds is 7. The maximum absolute atomic E-state index is 13.1. The van der Waals surface area contributed by atoms with Crippen LogP contribution in [-0.2, 0) is 6.54 Å². The number of aliphatic hydroxyl groups is 1. The van der Waals surface area contributed by atoms with Gasteiger partial charge in [-0.05, 0) is 23.3 Å². The monoisotopic (exact) mass is 288 g/mol. The normalized spacial score (nSPS) is 12.6. The van der Waals surface area contributed by atoms with Gasteiger partial charge in [0.05, 0.1) is 6.61 Å². The minimum atomic E-state index is -0.258. The smallest absolute Gasteiger partial charge is 0.123 e. The second-order valence-electron chi connectivity index (χ2n) is 4.98. The van der Waals surface area contributed by atoms with Crippen LogP contribution in [0, 0.1) is 5.82 Å². The summed E-state index contributed by atoms with van der Waals surface area (Å²) in [5.41, 5.74) is 8.03. The van der Waals surface area contributed by atoms with E-state index >= 15 is 0 Å². The molecule has 2 aromatic carbocycles. The minimum Gasteiger partial charge on any atom is -0.395 e. The van der Waals surface area contributed by atoms with E-state index in [1.807, 2.05) is 30.3 Å². The van der Waals surface area contributed by atoms with E-state index in [0.29, 0.717) is 19.6 Å². The predicted molar refractivity (Wildman–Crippen MR) is 82.1 cm³/mol. The number of halogens is 1. The second-order valence-corrected chi connectivity index (χ2v) is 4.98. The Morgan fingerprint density at radius 1 is 1.05 bits per heavy atom. The van der Waals surface area contributed by atoms with E-state index in [9.17, 15) is 9.50 Å². The number of nitrogens with zero attached hydrogens (tertiary/aromatic N) is 1. The quantitative estimate of drug-likeness (QED) is 0.822. The topological polar surface area (TPSA) is 49.5 Å². The zero-order valence-electron chi connectivity index (χ0n) is 12.0. The molecule has 0 amide bonds. The Balaban J connectivity index is 2.19. The zero-order chi connectivity index (χ0) is 15.1. The lowest BCUT2D eigenvalue weighted by molar-refractivity contribution is 0.146. The van der Waals surface area contributed by atoms with Crippen molar-refractivity contribution in [2.24, 2.45) is 5.73 Å². The van der Waals surface area contributed by atoms with E-state index < -0.39 is 0 Å². The van der Waals surface area contributed by atoms with Crippen molar-refractivity contribution in [3.8, 4) is 0 Å². The molecular formula is C17H21FN2O. The molecule has 0 aliphatic carbocycles. The van der Waals surface area contributed by atoms with Gasteiger partial charge in [-0.1, -0.05) is 42.5 Å². The first-order valence-electron chi connectivity index (χ1n) is 7.09. The molecule has 4 heteroatoms. The Kier molecular flexibility index (Phi) is 5.87. The Labute approximate surface area is 124 Å². The molecule has 21 heavy (non-hydrogen) atoms. The van der Waals surface area contributed by atoms with Crippen molar-refractivity contribution >= 4 is 0 Å². The highest BCUT2D eigenvalue weighted by Crippen LogP contribution is 2.22. The molecule has 0 bridgehead atoms. The second kappa shape index (κ2) is 7.88. The van der Waals surface area contributed by atoms with Gasteiger partial charge in [-0.3, -0.25) is 4.90 Å². The lowest BCUT2D eigenvalue weighted by Gasteiger charge is -2.31. The van der Waals surface area contributed by atoms with Gasteiger partial charge in [0.2, 0.25) is 0 Å². The van der Waals surface area contributed by atoms with Gasteiger partial charge in [-0.2, -0.15) is 0 Å². The van der Waals surface area contributed by atoms with Crippen LogP contribution in [-0.4, -0.2) is 29.7 Å². The molecule has 0 aromatic heterocycles. The average molecular weight is 288 g/mol. The fraction of sp³-hybridized carbons (Fsp3) is 0.294. The molecule has 1 unspecified atom stereocenters. The molecule has 0 aliphatic heterocycles. The van der Waals surface area contributed by atoms with E-state index in [1.165, 1.54) is 12.1 Å². The van der Waals surface area contributed by atoms with E-state index in [4.69, 9.17) is 5.73 Å². The summed E-state index contributed by atoms with van der Waals surface area (Å²) < 4.78 is 13.1. The Morgan fingerprint density at radius 2 is 1.71 bits per heavy atom. The van der Waals surface area contributed by atoms with Crippen LogP contribution in [0.5, 0.6) is 0 Å². The molecular weight excluding hydrogens is 267 g/mol. The first-order valence-corrected chi connectivity index (χ1v) is 7.09. The summed E-state index contributed by atoms with van der Waals surface area (Å²) in [7, 11) is 0. The molecule has 3 nitrogen and oxygen atoms in total. The van der Waals surface area contributed by atoms with Crippen molar-refractivity contribution in [2.45, 2.75) is 12.6 Å². The van der Waals surface area contributed by atoms with Crippen molar-refractivity contribution in [3.63, 3.8) is 0 Å². The summed E-state index contributed by atoms with van der Waals surface area (Å²) >= 11 is 0. The van der Waals surface area contributed by atoms with Crippen LogP contribution in [0.3, 0.4) is 0 Å². The molecule has 0 radical (unpaired) electrons. The van der Waals surface area contributed by atoms with Gasteiger partial charge in [0.25, 0.3) is 0 Å². The largest absolute Gasteiger partial charge is 0.395 e. The summed E-state index contributed by atoms with van der Waals surface area (Å²) in [4.78, 5) is 2.11. The molecule has 0 heterocycles. The first-order chi connectivity index (χ1) is 10.2. The summed E-state index contributed by atoms with van der Waals surface area (Å²) in [5.74, 6) is -0.258. The third-order valence-corrected chi connectivity index (χ3v) is 3.53. The fourth-order valence-electron chi connectivity index (χ4n) is 2.47. The zero-order valence-corrected chi connectivity index (χ0v) is 12.0. The van der Waals surface area contributed by atoms with Crippen LogP contribution < -0.4 is 5.73 Å². The fourth-order valence-corrected chi connectivity index (χ4v) is 2.47. The van der Waals surface area contributed by atoms with Crippen LogP contribution in [0.15, 0.2) is 54.6 Å². The van der Waals surface area contributed by atoms with Crippen molar-refractivity contribution in [3.05, 3.63) is 71.5 Å². The van der Waals surface area contributed by atoms with Gasteiger partial charge < -0.3 is 10.8 Å².